The topological polar surface area (TPSA) is 58.7 Å². The Labute approximate surface area is 109 Å². The maximum Gasteiger partial charge on any atom is 0.119 e. The van der Waals surface area contributed by atoms with Crippen molar-refractivity contribution in [1.82, 2.24) is 4.90 Å². The highest BCUT2D eigenvalue weighted by Gasteiger charge is 2.21. The first-order valence-corrected chi connectivity index (χ1v) is 6.23. The Hall–Kier alpha value is -1.10. The van der Waals surface area contributed by atoms with E-state index < -0.39 is 0 Å². The van der Waals surface area contributed by atoms with E-state index in [0.29, 0.717) is 13.2 Å². The van der Waals surface area contributed by atoms with Gasteiger partial charge in [0, 0.05) is 18.6 Å². The molecule has 1 aromatic carbocycles. The highest BCUT2D eigenvalue weighted by Crippen LogP contribution is 2.14. The summed E-state index contributed by atoms with van der Waals surface area (Å²) in [6, 6.07) is 7.81. The van der Waals surface area contributed by atoms with Gasteiger partial charge in [0.15, 0.2) is 0 Å². The lowest BCUT2D eigenvalue weighted by atomic mass is 10.1. The quantitative estimate of drug-likeness (QED) is 0.766. The molecule has 0 spiro atoms. The molecule has 0 radical (unpaired) electrons. The summed E-state index contributed by atoms with van der Waals surface area (Å²) in [5, 5.41) is 9.25. The largest absolute Gasteiger partial charge is 0.492 e. The number of aliphatic hydroxyl groups excluding tert-OH is 1. The van der Waals surface area contributed by atoms with Crippen molar-refractivity contribution in [2.24, 2.45) is 5.73 Å². The van der Waals surface area contributed by atoms with Crippen LogP contribution >= 0.6 is 0 Å². The number of likely N-dealkylation sites (N-methyl/N-ethyl adjacent to an activating group) is 1. The van der Waals surface area contributed by atoms with Gasteiger partial charge in [-0.3, -0.25) is 4.90 Å². The lowest BCUT2D eigenvalue weighted by Gasteiger charge is -2.33. The van der Waals surface area contributed by atoms with Crippen LogP contribution in [0.2, 0.25) is 0 Å². The van der Waals surface area contributed by atoms with Crippen LogP contribution < -0.4 is 10.5 Å². The molecule has 1 rings (SSSR count). The number of rotatable bonds is 7. The molecule has 0 fully saturated rings. The van der Waals surface area contributed by atoms with Crippen molar-refractivity contribution in [1.29, 1.82) is 0 Å². The standard InChI is InChI=1S/C14H24N2O2/c1-14(2,11-17)16(3)7-8-18-13-6-4-5-12(9-13)10-15/h4-6,9,17H,7-8,10-11,15H2,1-3H3. The van der Waals surface area contributed by atoms with Gasteiger partial charge in [0.25, 0.3) is 0 Å². The van der Waals surface area contributed by atoms with Gasteiger partial charge in [0.1, 0.15) is 12.4 Å². The zero-order chi connectivity index (χ0) is 13.6. The van der Waals surface area contributed by atoms with Crippen molar-refractivity contribution in [3.63, 3.8) is 0 Å². The maximum atomic E-state index is 9.25. The average Bonchev–Trinajstić information content (AvgIpc) is 2.38. The SMILES string of the molecule is CN(CCOc1cccc(CN)c1)C(C)(C)CO. The zero-order valence-corrected chi connectivity index (χ0v) is 11.5. The minimum atomic E-state index is -0.220. The van der Waals surface area contributed by atoms with Crippen molar-refractivity contribution < 1.29 is 9.84 Å². The monoisotopic (exact) mass is 252 g/mol. The smallest absolute Gasteiger partial charge is 0.119 e. The van der Waals surface area contributed by atoms with E-state index in [0.717, 1.165) is 17.9 Å². The van der Waals surface area contributed by atoms with Gasteiger partial charge in [-0.2, -0.15) is 0 Å². The van der Waals surface area contributed by atoms with Gasteiger partial charge in [-0.1, -0.05) is 12.1 Å². The van der Waals surface area contributed by atoms with E-state index in [1.165, 1.54) is 0 Å². The van der Waals surface area contributed by atoms with Gasteiger partial charge < -0.3 is 15.6 Å². The van der Waals surface area contributed by atoms with Crippen LogP contribution in [-0.4, -0.2) is 42.4 Å². The lowest BCUT2D eigenvalue weighted by Crippen LogP contribution is -2.45. The van der Waals surface area contributed by atoms with Crippen molar-refractivity contribution in [3.05, 3.63) is 29.8 Å². The first kappa shape index (κ1) is 15.0. The predicted octanol–water partition coefficient (Wildman–Crippen LogP) is 1.23. The van der Waals surface area contributed by atoms with Gasteiger partial charge in [0.2, 0.25) is 0 Å². The minimum Gasteiger partial charge on any atom is -0.492 e. The summed E-state index contributed by atoms with van der Waals surface area (Å²) >= 11 is 0. The van der Waals surface area contributed by atoms with Gasteiger partial charge >= 0.3 is 0 Å². The molecule has 102 valence electrons. The molecule has 0 atom stereocenters. The molecule has 0 aliphatic rings. The number of nitrogens with zero attached hydrogens (tertiary/aromatic N) is 1. The Morgan fingerprint density at radius 2 is 2.11 bits per heavy atom. The van der Waals surface area contributed by atoms with Gasteiger partial charge in [-0.15, -0.1) is 0 Å². The fourth-order valence-electron chi connectivity index (χ4n) is 1.49. The Morgan fingerprint density at radius 1 is 1.39 bits per heavy atom. The maximum absolute atomic E-state index is 9.25. The van der Waals surface area contributed by atoms with E-state index in [1.807, 2.05) is 45.2 Å². The molecule has 0 aromatic heterocycles. The number of aliphatic hydroxyl groups is 1. The molecule has 0 aliphatic heterocycles. The molecular formula is C14H24N2O2. The summed E-state index contributed by atoms with van der Waals surface area (Å²) in [6.45, 7) is 6.01. The van der Waals surface area contributed by atoms with Crippen LogP contribution in [0.3, 0.4) is 0 Å². The van der Waals surface area contributed by atoms with E-state index in [-0.39, 0.29) is 12.1 Å². The minimum absolute atomic E-state index is 0.131. The molecule has 3 N–H and O–H groups in total. The first-order chi connectivity index (χ1) is 8.49. The van der Waals surface area contributed by atoms with Crippen molar-refractivity contribution in [2.75, 3.05) is 26.8 Å². The van der Waals surface area contributed by atoms with Crippen molar-refractivity contribution >= 4 is 0 Å². The summed E-state index contributed by atoms with van der Waals surface area (Å²) in [7, 11) is 1.98. The van der Waals surface area contributed by atoms with E-state index in [2.05, 4.69) is 4.90 Å². The molecule has 0 aliphatic carbocycles. The van der Waals surface area contributed by atoms with Crippen LogP contribution in [0.15, 0.2) is 24.3 Å². The third-order valence-corrected chi connectivity index (χ3v) is 3.25. The Kier molecular flexibility index (Phi) is 5.59. The predicted molar refractivity (Wildman–Crippen MR) is 73.6 cm³/mol. The molecule has 0 amide bonds. The Balaban J connectivity index is 2.41. The summed E-state index contributed by atoms with van der Waals surface area (Å²) in [5.41, 5.74) is 6.43. The Morgan fingerprint density at radius 3 is 2.72 bits per heavy atom. The molecule has 4 nitrogen and oxygen atoms in total. The number of nitrogens with two attached hydrogens (primary N) is 1. The van der Waals surface area contributed by atoms with Gasteiger partial charge in [0.05, 0.1) is 6.61 Å². The molecular weight excluding hydrogens is 228 g/mol. The van der Waals surface area contributed by atoms with Crippen LogP contribution in [-0.2, 0) is 6.54 Å². The summed E-state index contributed by atoms with van der Waals surface area (Å²) < 4.78 is 5.68. The fraction of sp³-hybridized carbons (Fsp3) is 0.571. The number of benzene rings is 1. The third-order valence-electron chi connectivity index (χ3n) is 3.25. The highest BCUT2D eigenvalue weighted by molar-refractivity contribution is 5.28. The average molecular weight is 252 g/mol. The van der Waals surface area contributed by atoms with E-state index in [9.17, 15) is 5.11 Å². The number of hydrogen-bond acceptors (Lipinski definition) is 4. The van der Waals surface area contributed by atoms with E-state index in [4.69, 9.17) is 10.5 Å². The van der Waals surface area contributed by atoms with E-state index >= 15 is 0 Å². The molecule has 4 heteroatoms. The van der Waals surface area contributed by atoms with Crippen LogP contribution in [0, 0.1) is 0 Å². The van der Waals surface area contributed by atoms with Crippen LogP contribution in [0.4, 0.5) is 0 Å². The second-order valence-corrected chi connectivity index (χ2v) is 5.09. The highest BCUT2D eigenvalue weighted by atomic mass is 16.5. The summed E-state index contributed by atoms with van der Waals surface area (Å²) in [4.78, 5) is 2.08. The molecule has 0 bridgehead atoms. The lowest BCUT2D eigenvalue weighted by molar-refractivity contribution is 0.0678. The summed E-state index contributed by atoms with van der Waals surface area (Å²) in [5.74, 6) is 0.841. The van der Waals surface area contributed by atoms with Crippen LogP contribution in [0.5, 0.6) is 5.75 Å². The number of hydrogen-bond donors (Lipinski definition) is 2. The first-order valence-electron chi connectivity index (χ1n) is 6.23. The molecule has 0 unspecified atom stereocenters. The zero-order valence-electron chi connectivity index (χ0n) is 11.5. The molecule has 0 saturated carbocycles. The molecule has 0 saturated heterocycles. The van der Waals surface area contributed by atoms with Crippen molar-refractivity contribution in [3.8, 4) is 5.75 Å². The van der Waals surface area contributed by atoms with E-state index in [1.54, 1.807) is 0 Å². The fourth-order valence-corrected chi connectivity index (χ4v) is 1.49. The molecule has 18 heavy (non-hydrogen) atoms. The summed E-state index contributed by atoms with van der Waals surface area (Å²) in [6.07, 6.45) is 0. The van der Waals surface area contributed by atoms with Crippen LogP contribution in [0.1, 0.15) is 19.4 Å². The van der Waals surface area contributed by atoms with Crippen molar-refractivity contribution in [2.45, 2.75) is 25.9 Å². The normalized spacial score (nSPS) is 11.9. The number of ether oxygens (including phenoxy) is 1. The van der Waals surface area contributed by atoms with Gasteiger partial charge in [-0.05, 0) is 38.6 Å². The third kappa shape index (κ3) is 4.29. The second kappa shape index (κ2) is 6.73. The van der Waals surface area contributed by atoms with Crippen LogP contribution in [0.25, 0.3) is 0 Å². The van der Waals surface area contributed by atoms with Gasteiger partial charge in [-0.25, -0.2) is 0 Å². The second-order valence-electron chi connectivity index (χ2n) is 5.09. The molecule has 0 heterocycles. The Bertz CT molecular complexity index is 367. The molecule has 1 aromatic rings.